The van der Waals surface area contributed by atoms with Crippen molar-refractivity contribution in [1.29, 1.82) is 0 Å². The molecule has 0 radical (unpaired) electrons. The maximum Gasteiger partial charge on any atom is 0.419 e. The van der Waals surface area contributed by atoms with E-state index in [-0.39, 0.29) is 12.4 Å². The van der Waals surface area contributed by atoms with Gasteiger partial charge in [-0.2, -0.15) is 0 Å². The van der Waals surface area contributed by atoms with Crippen LogP contribution < -0.4 is 20.7 Å². The third-order valence-corrected chi connectivity index (χ3v) is 6.09. The van der Waals surface area contributed by atoms with Crippen molar-refractivity contribution >= 4 is 40.6 Å². The van der Waals surface area contributed by atoms with Gasteiger partial charge < -0.3 is 19.8 Å². The van der Waals surface area contributed by atoms with Gasteiger partial charge in [0.2, 0.25) is 0 Å². The van der Waals surface area contributed by atoms with Crippen LogP contribution in [-0.4, -0.2) is 32.3 Å². The molecule has 0 unspecified atom stereocenters. The number of rotatable bonds is 4. The Morgan fingerprint density at radius 2 is 1.55 bits per heavy atom. The number of benzene rings is 3. The van der Waals surface area contributed by atoms with Crippen LogP contribution in [0.1, 0.15) is 5.56 Å². The maximum atomic E-state index is 13.2. The van der Waals surface area contributed by atoms with E-state index < -0.39 is 6.09 Å². The molecule has 0 bridgehead atoms. The minimum atomic E-state index is -0.470. The predicted octanol–water partition coefficient (Wildman–Crippen LogP) is 4.71. The Balaban J connectivity index is 1.70. The first-order valence-electron chi connectivity index (χ1n) is 9.70. The minimum Gasteiger partial charge on any atom is -0.508 e. The predicted molar refractivity (Wildman–Crippen MR) is 124 cm³/mol. The summed E-state index contributed by atoms with van der Waals surface area (Å²) < 4.78 is 5.63. The van der Waals surface area contributed by atoms with E-state index in [4.69, 9.17) is 10.6 Å². The standard InChI is InChI=1S/C23H24N4O3S/c1-25(2)16-6-10-19-21(12-16)31-22-13-17(26(3)24)7-11-20(22)27(19)23(29)30-14-15-4-8-18(28)9-5-15/h4-13,28H,14,24H2,1-3H3. The largest absolute Gasteiger partial charge is 0.508 e. The first-order chi connectivity index (χ1) is 14.8. The number of fused-ring (bicyclic) bond motifs is 2. The third-order valence-electron chi connectivity index (χ3n) is 4.99. The molecule has 31 heavy (non-hydrogen) atoms. The van der Waals surface area contributed by atoms with Gasteiger partial charge in [-0.15, -0.1) is 0 Å². The highest BCUT2D eigenvalue weighted by atomic mass is 32.2. The molecule has 8 heteroatoms. The average Bonchev–Trinajstić information content (AvgIpc) is 2.75. The molecule has 160 valence electrons. The van der Waals surface area contributed by atoms with Gasteiger partial charge in [-0.05, 0) is 54.1 Å². The lowest BCUT2D eigenvalue weighted by molar-refractivity contribution is 0.149. The van der Waals surface area contributed by atoms with E-state index in [0.717, 1.165) is 38.1 Å². The second-order valence-corrected chi connectivity index (χ2v) is 8.55. The zero-order valence-electron chi connectivity index (χ0n) is 17.6. The first kappa shape index (κ1) is 20.9. The molecule has 3 N–H and O–H groups in total. The van der Waals surface area contributed by atoms with Crippen molar-refractivity contribution in [2.24, 2.45) is 5.84 Å². The fourth-order valence-electron chi connectivity index (χ4n) is 3.28. The number of phenolic OH excluding ortho intramolecular Hbond substituents is 1. The zero-order valence-corrected chi connectivity index (χ0v) is 18.4. The Labute approximate surface area is 185 Å². The molecule has 0 spiro atoms. The molecule has 0 aliphatic carbocycles. The summed E-state index contributed by atoms with van der Waals surface area (Å²) in [6, 6.07) is 18.3. The van der Waals surface area contributed by atoms with E-state index in [1.807, 2.05) is 49.3 Å². The number of carbonyl (C=O) groups is 1. The van der Waals surface area contributed by atoms with Crippen LogP contribution in [0, 0.1) is 0 Å². The van der Waals surface area contributed by atoms with Gasteiger partial charge in [-0.3, -0.25) is 0 Å². The van der Waals surface area contributed by atoms with Gasteiger partial charge in [0.15, 0.2) is 0 Å². The molecule has 1 amide bonds. The summed E-state index contributed by atoms with van der Waals surface area (Å²) in [5.41, 5.74) is 4.19. The Morgan fingerprint density at radius 1 is 0.968 bits per heavy atom. The lowest BCUT2D eigenvalue weighted by atomic mass is 10.2. The van der Waals surface area contributed by atoms with Crippen molar-refractivity contribution in [2.45, 2.75) is 16.4 Å². The van der Waals surface area contributed by atoms with Crippen LogP contribution in [0.5, 0.6) is 5.75 Å². The monoisotopic (exact) mass is 436 g/mol. The number of hydrogen-bond acceptors (Lipinski definition) is 7. The maximum absolute atomic E-state index is 13.2. The van der Waals surface area contributed by atoms with E-state index in [9.17, 15) is 9.90 Å². The average molecular weight is 437 g/mol. The molecule has 3 aromatic rings. The number of nitrogens with two attached hydrogens (primary N) is 1. The summed E-state index contributed by atoms with van der Waals surface area (Å²) in [5.74, 6) is 6.09. The van der Waals surface area contributed by atoms with Gasteiger partial charge in [-0.25, -0.2) is 15.5 Å². The molecule has 0 aromatic heterocycles. The smallest absolute Gasteiger partial charge is 0.419 e. The molecule has 7 nitrogen and oxygen atoms in total. The Morgan fingerprint density at radius 3 is 2.13 bits per heavy atom. The van der Waals surface area contributed by atoms with Crippen molar-refractivity contribution < 1.29 is 14.6 Å². The van der Waals surface area contributed by atoms with Crippen molar-refractivity contribution in [3.8, 4) is 5.75 Å². The third kappa shape index (κ3) is 4.26. The highest BCUT2D eigenvalue weighted by Crippen LogP contribution is 2.50. The minimum absolute atomic E-state index is 0.104. The molecule has 1 aliphatic heterocycles. The van der Waals surface area contributed by atoms with Gasteiger partial charge >= 0.3 is 6.09 Å². The molecule has 4 rings (SSSR count). The zero-order chi connectivity index (χ0) is 22.1. The van der Waals surface area contributed by atoms with Crippen molar-refractivity contribution in [3.05, 3.63) is 66.2 Å². The SMILES string of the molecule is CN(C)c1ccc2c(c1)Sc1cc(N(C)N)ccc1N2C(=O)OCc1ccc(O)cc1. The summed E-state index contributed by atoms with van der Waals surface area (Å²) in [4.78, 5) is 18.7. The molecular weight excluding hydrogens is 412 g/mol. The van der Waals surface area contributed by atoms with Crippen molar-refractivity contribution in [1.82, 2.24) is 0 Å². The van der Waals surface area contributed by atoms with Crippen LogP contribution >= 0.6 is 11.8 Å². The van der Waals surface area contributed by atoms with Crippen LogP contribution in [-0.2, 0) is 11.3 Å². The Bertz CT molecular complexity index is 1060. The number of ether oxygens (including phenoxy) is 1. The fourth-order valence-corrected chi connectivity index (χ4v) is 4.41. The summed E-state index contributed by atoms with van der Waals surface area (Å²) >= 11 is 1.60. The van der Waals surface area contributed by atoms with Crippen LogP contribution in [0.4, 0.5) is 27.5 Å². The van der Waals surface area contributed by atoms with E-state index in [1.54, 1.807) is 53.0 Å². The second-order valence-electron chi connectivity index (χ2n) is 7.47. The highest BCUT2D eigenvalue weighted by Gasteiger charge is 2.30. The fraction of sp³-hybridized carbons (Fsp3) is 0.174. The number of phenols is 1. The topological polar surface area (TPSA) is 82.3 Å². The van der Waals surface area contributed by atoms with Gasteiger partial charge in [0.25, 0.3) is 0 Å². The lowest BCUT2D eigenvalue weighted by Crippen LogP contribution is -2.30. The van der Waals surface area contributed by atoms with E-state index in [0.29, 0.717) is 0 Å². The molecule has 0 saturated heterocycles. The van der Waals surface area contributed by atoms with E-state index in [2.05, 4.69) is 6.07 Å². The van der Waals surface area contributed by atoms with Gasteiger partial charge in [0, 0.05) is 36.6 Å². The second kappa shape index (κ2) is 8.41. The number of nitrogens with zero attached hydrogens (tertiary/aromatic N) is 3. The number of carbonyl (C=O) groups excluding carboxylic acids is 1. The summed E-state index contributed by atoms with van der Waals surface area (Å²) in [7, 11) is 5.74. The normalized spacial score (nSPS) is 12.1. The number of hydrogen-bond donors (Lipinski definition) is 2. The van der Waals surface area contributed by atoms with E-state index in [1.165, 1.54) is 0 Å². The molecule has 1 aliphatic rings. The number of amides is 1. The highest BCUT2D eigenvalue weighted by molar-refractivity contribution is 7.99. The van der Waals surface area contributed by atoms with E-state index >= 15 is 0 Å². The van der Waals surface area contributed by atoms with Crippen LogP contribution in [0.2, 0.25) is 0 Å². The Kier molecular flexibility index (Phi) is 5.67. The van der Waals surface area contributed by atoms with Crippen LogP contribution in [0.25, 0.3) is 0 Å². The number of hydrazine groups is 1. The lowest BCUT2D eigenvalue weighted by Gasteiger charge is -2.31. The number of aromatic hydroxyl groups is 1. The van der Waals surface area contributed by atoms with Gasteiger partial charge in [-0.1, -0.05) is 23.9 Å². The first-order valence-corrected chi connectivity index (χ1v) is 10.5. The number of anilines is 4. The Hall–Kier alpha value is -3.36. The molecule has 0 atom stereocenters. The molecule has 0 saturated carbocycles. The summed E-state index contributed by atoms with van der Waals surface area (Å²) in [6.07, 6.45) is -0.470. The molecule has 0 fully saturated rings. The molecule has 1 heterocycles. The van der Waals surface area contributed by atoms with Crippen LogP contribution in [0.3, 0.4) is 0 Å². The van der Waals surface area contributed by atoms with Crippen molar-refractivity contribution in [2.75, 3.05) is 36.0 Å². The molecular formula is C23H24N4O3S. The van der Waals surface area contributed by atoms with Gasteiger partial charge in [0.1, 0.15) is 12.4 Å². The summed E-state index contributed by atoms with van der Waals surface area (Å²) in [6.45, 7) is 0.104. The molecule has 3 aromatic carbocycles. The van der Waals surface area contributed by atoms with Gasteiger partial charge in [0.05, 0.1) is 17.1 Å². The quantitative estimate of drug-likeness (QED) is 0.453. The van der Waals surface area contributed by atoms with Crippen molar-refractivity contribution in [3.63, 3.8) is 0 Å². The summed E-state index contributed by atoms with van der Waals surface area (Å²) in [5, 5.41) is 11.0. The van der Waals surface area contributed by atoms with Crippen LogP contribution in [0.15, 0.2) is 70.5 Å².